The Morgan fingerprint density at radius 1 is 0.621 bits per heavy atom. The van der Waals surface area contributed by atoms with Crippen molar-refractivity contribution in [2.45, 2.75) is 110 Å². The second kappa shape index (κ2) is 16.0. The largest absolute Gasteiger partial charge is 0.478 e. The smallest absolute Gasteiger partial charge is 0.336 e. The molecule has 0 fully saturated rings. The third-order valence-corrected chi connectivity index (χ3v) is 5.61. The van der Waals surface area contributed by atoms with Crippen LogP contribution in [0, 0.1) is 0 Å². The number of benzene rings is 1. The number of aromatic carboxylic acids is 2. The van der Waals surface area contributed by atoms with Crippen LogP contribution in [0.15, 0.2) is 18.2 Å². The van der Waals surface area contributed by atoms with Crippen LogP contribution in [0.1, 0.15) is 130 Å². The highest BCUT2D eigenvalue weighted by Gasteiger charge is 2.16. The van der Waals surface area contributed by atoms with Gasteiger partial charge < -0.3 is 10.2 Å². The van der Waals surface area contributed by atoms with Crippen LogP contribution >= 0.6 is 0 Å². The van der Waals surface area contributed by atoms with E-state index in [1.807, 2.05) is 0 Å². The van der Waals surface area contributed by atoms with Gasteiger partial charge in [0.2, 0.25) is 0 Å². The highest BCUT2D eigenvalue weighted by Crippen LogP contribution is 2.17. The highest BCUT2D eigenvalue weighted by atomic mass is 16.4. The summed E-state index contributed by atoms with van der Waals surface area (Å²) >= 11 is 0. The average molecular weight is 405 g/mol. The van der Waals surface area contributed by atoms with Gasteiger partial charge in [0.1, 0.15) is 0 Å². The Hall–Kier alpha value is -1.84. The van der Waals surface area contributed by atoms with Crippen molar-refractivity contribution < 1.29 is 19.8 Å². The van der Waals surface area contributed by atoms with Gasteiger partial charge in [-0.25, -0.2) is 9.59 Å². The number of hydrogen-bond acceptors (Lipinski definition) is 2. The molecule has 0 spiro atoms. The number of aryl methyl sites for hydroxylation is 1. The van der Waals surface area contributed by atoms with Crippen LogP contribution in [0.3, 0.4) is 0 Å². The summed E-state index contributed by atoms with van der Waals surface area (Å²) in [5.74, 6) is -2.37. The zero-order valence-electron chi connectivity index (χ0n) is 18.3. The van der Waals surface area contributed by atoms with Crippen LogP contribution in [0.2, 0.25) is 0 Å². The fourth-order valence-corrected chi connectivity index (χ4v) is 3.81. The van der Waals surface area contributed by atoms with Crippen molar-refractivity contribution in [2.75, 3.05) is 0 Å². The van der Waals surface area contributed by atoms with E-state index in [2.05, 4.69) is 6.92 Å². The Morgan fingerprint density at radius 2 is 1.03 bits per heavy atom. The molecule has 0 aliphatic rings. The Morgan fingerprint density at radius 3 is 1.45 bits per heavy atom. The number of carboxylic acids is 2. The average Bonchev–Trinajstić information content (AvgIpc) is 2.70. The van der Waals surface area contributed by atoms with Gasteiger partial charge in [0.25, 0.3) is 0 Å². The molecule has 0 amide bonds. The summed E-state index contributed by atoms with van der Waals surface area (Å²) in [5, 5.41) is 18.2. The SMILES string of the molecule is CCCCCCCCCCCCCCCCCc1ccc(C(=O)O)c(C(=O)O)c1. The summed E-state index contributed by atoms with van der Waals surface area (Å²) < 4.78 is 0. The lowest BCUT2D eigenvalue weighted by Crippen LogP contribution is -2.08. The Kier molecular flexibility index (Phi) is 13.9. The van der Waals surface area contributed by atoms with Crippen molar-refractivity contribution >= 4 is 11.9 Å². The predicted octanol–water partition coefficient (Wildman–Crippen LogP) is 7.50. The first-order chi connectivity index (χ1) is 14.1. The van der Waals surface area contributed by atoms with E-state index in [1.54, 1.807) is 6.07 Å². The lowest BCUT2D eigenvalue weighted by atomic mass is 9.99. The summed E-state index contributed by atoms with van der Waals surface area (Å²) in [4.78, 5) is 22.3. The van der Waals surface area contributed by atoms with Crippen LogP contribution in [-0.2, 0) is 6.42 Å². The van der Waals surface area contributed by atoms with E-state index in [4.69, 9.17) is 5.11 Å². The number of carboxylic acid groups (broad SMARTS) is 2. The molecule has 0 saturated carbocycles. The molecule has 1 rings (SSSR count). The maximum atomic E-state index is 11.2. The maximum absolute atomic E-state index is 11.2. The molecule has 0 radical (unpaired) electrons. The van der Waals surface area contributed by atoms with Gasteiger partial charge in [-0.05, 0) is 30.5 Å². The molecule has 1 aromatic rings. The van der Waals surface area contributed by atoms with Gasteiger partial charge in [-0.1, -0.05) is 103 Å². The van der Waals surface area contributed by atoms with Crippen molar-refractivity contribution in [3.8, 4) is 0 Å². The van der Waals surface area contributed by atoms with Gasteiger partial charge in [-0.2, -0.15) is 0 Å². The van der Waals surface area contributed by atoms with Crippen LogP contribution in [0.4, 0.5) is 0 Å². The molecule has 0 unspecified atom stereocenters. The van der Waals surface area contributed by atoms with E-state index >= 15 is 0 Å². The maximum Gasteiger partial charge on any atom is 0.336 e. The molecule has 164 valence electrons. The quantitative estimate of drug-likeness (QED) is 0.248. The first kappa shape index (κ1) is 25.2. The highest BCUT2D eigenvalue weighted by molar-refractivity contribution is 6.01. The van der Waals surface area contributed by atoms with Gasteiger partial charge in [0.15, 0.2) is 0 Å². The first-order valence-corrected chi connectivity index (χ1v) is 11.7. The lowest BCUT2D eigenvalue weighted by Gasteiger charge is -2.06. The van der Waals surface area contributed by atoms with Crippen molar-refractivity contribution in [3.63, 3.8) is 0 Å². The van der Waals surface area contributed by atoms with Crippen molar-refractivity contribution in [1.82, 2.24) is 0 Å². The zero-order chi connectivity index (χ0) is 21.3. The predicted molar refractivity (Wildman–Crippen MR) is 119 cm³/mol. The van der Waals surface area contributed by atoms with Crippen LogP contribution in [0.25, 0.3) is 0 Å². The second-order valence-corrected chi connectivity index (χ2v) is 8.19. The van der Waals surface area contributed by atoms with Gasteiger partial charge in [-0.15, -0.1) is 0 Å². The van der Waals surface area contributed by atoms with E-state index in [0.717, 1.165) is 24.8 Å². The van der Waals surface area contributed by atoms with Crippen molar-refractivity contribution in [2.24, 2.45) is 0 Å². The summed E-state index contributed by atoms with van der Waals surface area (Å²) in [6.07, 6.45) is 20.6. The minimum absolute atomic E-state index is 0.115. The Bertz CT molecular complexity index is 594. The van der Waals surface area contributed by atoms with Crippen LogP contribution in [0.5, 0.6) is 0 Å². The van der Waals surface area contributed by atoms with Gasteiger partial charge in [0, 0.05) is 0 Å². The molecular weight excluding hydrogens is 364 g/mol. The summed E-state index contributed by atoms with van der Waals surface area (Å²) in [7, 11) is 0. The third kappa shape index (κ3) is 11.7. The molecule has 2 N–H and O–H groups in total. The normalized spacial score (nSPS) is 10.9. The standard InChI is InChI=1S/C25H40O4/c1-2-3-4-5-6-7-8-9-10-11-12-13-14-15-16-17-21-18-19-22(24(26)27)23(20-21)25(28)29/h18-20H,2-17H2,1H3,(H,26,27)(H,28,29). The minimum Gasteiger partial charge on any atom is -0.478 e. The molecule has 29 heavy (non-hydrogen) atoms. The molecular formula is C25H40O4. The van der Waals surface area contributed by atoms with Crippen molar-refractivity contribution in [1.29, 1.82) is 0 Å². The number of unbranched alkanes of at least 4 members (excludes halogenated alkanes) is 14. The first-order valence-electron chi connectivity index (χ1n) is 11.7. The summed E-state index contributed by atoms with van der Waals surface area (Å²) in [6, 6.07) is 4.65. The third-order valence-electron chi connectivity index (χ3n) is 5.61. The second-order valence-electron chi connectivity index (χ2n) is 8.19. The number of rotatable bonds is 18. The molecule has 0 saturated heterocycles. The molecule has 1 aromatic carbocycles. The number of hydrogen-bond donors (Lipinski definition) is 2. The zero-order valence-corrected chi connectivity index (χ0v) is 18.3. The molecule has 0 aliphatic heterocycles. The molecule has 0 aliphatic carbocycles. The molecule has 4 nitrogen and oxygen atoms in total. The van der Waals surface area contributed by atoms with E-state index in [0.29, 0.717) is 0 Å². The molecule has 0 heterocycles. The summed E-state index contributed by atoms with van der Waals surface area (Å²) in [5.41, 5.74) is 0.649. The van der Waals surface area contributed by atoms with E-state index in [1.165, 1.54) is 95.6 Å². The molecule has 4 heteroatoms. The molecule has 0 aromatic heterocycles. The Labute approximate surface area is 176 Å². The molecule has 0 atom stereocenters. The molecule has 0 bridgehead atoms. The fourth-order valence-electron chi connectivity index (χ4n) is 3.81. The van der Waals surface area contributed by atoms with Crippen LogP contribution in [-0.4, -0.2) is 22.2 Å². The number of carbonyl (C=O) groups is 2. The minimum atomic E-state index is -1.19. The van der Waals surface area contributed by atoms with Crippen molar-refractivity contribution in [3.05, 3.63) is 34.9 Å². The summed E-state index contributed by atoms with van der Waals surface area (Å²) in [6.45, 7) is 2.26. The topological polar surface area (TPSA) is 74.6 Å². The Balaban J connectivity index is 2.02. The van der Waals surface area contributed by atoms with Gasteiger partial charge in [0.05, 0.1) is 11.1 Å². The lowest BCUT2D eigenvalue weighted by molar-refractivity contribution is 0.0651. The van der Waals surface area contributed by atoms with Crippen LogP contribution < -0.4 is 0 Å². The fraction of sp³-hybridized carbons (Fsp3) is 0.680. The van der Waals surface area contributed by atoms with E-state index in [-0.39, 0.29) is 11.1 Å². The van der Waals surface area contributed by atoms with E-state index < -0.39 is 11.9 Å². The van der Waals surface area contributed by atoms with E-state index in [9.17, 15) is 14.7 Å². The van der Waals surface area contributed by atoms with Gasteiger partial charge >= 0.3 is 11.9 Å². The van der Waals surface area contributed by atoms with Gasteiger partial charge in [-0.3, -0.25) is 0 Å². The monoisotopic (exact) mass is 404 g/mol.